The van der Waals surface area contributed by atoms with E-state index in [1.54, 1.807) is 24.1 Å². The van der Waals surface area contributed by atoms with Crippen LogP contribution < -0.4 is 4.74 Å². The molecule has 0 spiro atoms. The van der Waals surface area contributed by atoms with Crippen LogP contribution in [0.2, 0.25) is 0 Å². The molecule has 0 aliphatic heterocycles. The van der Waals surface area contributed by atoms with Gasteiger partial charge in [0, 0.05) is 13.1 Å². The first kappa shape index (κ1) is 13.3. The van der Waals surface area contributed by atoms with Crippen molar-refractivity contribution >= 4 is 5.91 Å². The summed E-state index contributed by atoms with van der Waals surface area (Å²) in [7, 11) is 1.57. The largest absolute Gasteiger partial charge is 0.496 e. The summed E-state index contributed by atoms with van der Waals surface area (Å²) < 4.78 is 5.20. The first-order valence-corrected chi connectivity index (χ1v) is 5.66. The number of hydrogen-bond donors (Lipinski definition) is 0. The third kappa shape index (κ3) is 3.34. The van der Waals surface area contributed by atoms with E-state index in [9.17, 15) is 4.79 Å². The number of amides is 1. The van der Waals surface area contributed by atoms with Gasteiger partial charge in [0.05, 0.1) is 12.7 Å². The van der Waals surface area contributed by atoms with Gasteiger partial charge in [0.1, 0.15) is 5.75 Å². The van der Waals surface area contributed by atoms with Crippen LogP contribution in [0, 0.1) is 0 Å². The molecular formula is C14H19NO2. The van der Waals surface area contributed by atoms with Crippen molar-refractivity contribution < 1.29 is 9.53 Å². The monoisotopic (exact) mass is 233 g/mol. The molecule has 1 rings (SSSR count). The number of rotatable bonds is 5. The van der Waals surface area contributed by atoms with Crippen molar-refractivity contribution in [3.8, 4) is 5.75 Å². The molecule has 0 saturated carbocycles. The molecule has 1 aromatic carbocycles. The fourth-order valence-corrected chi connectivity index (χ4v) is 1.64. The van der Waals surface area contributed by atoms with Gasteiger partial charge in [-0.25, -0.2) is 0 Å². The lowest BCUT2D eigenvalue weighted by atomic mass is 10.1. The summed E-state index contributed by atoms with van der Waals surface area (Å²) in [6, 6.07) is 7.26. The SMILES string of the molecule is C=C(C)CN(CC)C(=O)c1ccccc1OC. The van der Waals surface area contributed by atoms with Crippen LogP contribution in [0.5, 0.6) is 5.75 Å². The van der Waals surface area contributed by atoms with E-state index in [1.807, 2.05) is 26.0 Å². The zero-order chi connectivity index (χ0) is 12.8. The van der Waals surface area contributed by atoms with Gasteiger partial charge in [-0.2, -0.15) is 0 Å². The number of benzene rings is 1. The van der Waals surface area contributed by atoms with Crippen molar-refractivity contribution in [1.82, 2.24) is 4.90 Å². The molecule has 3 heteroatoms. The maximum Gasteiger partial charge on any atom is 0.257 e. The molecule has 0 aliphatic carbocycles. The minimum Gasteiger partial charge on any atom is -0.496 e. The summed E-state index contributed by atoms with van der Waals surface area (Å²) in [6.07, 6.45) is 0. The third-order valence-electron chi connectivity index (χ3n) is 2.47. The van der Waals surface area contributed by atoms with Gasteiger partial charge in [-0.15, -0.1) is 0 Å². The van der Waals surface area contributed by atoms with Crippen molar-refractivity contribution in [1.29, 1.82) is 0 Å². The number of para-hydroxylation sites is 1. The van der Waals surface area contributed by atoms with Crippen molar-refractivity contribution in [2.75, 3.05) is 20.2 Å². The standard InChI is InChI=1S/C14H19NO2/c1-5-15(10-11(2)3)14(16)12-8-6-7-9-13(12)17-4/h6-9H,2,5,10H2,1,3-4H3. The second-order valence-electron chi connectivity index (χ2n) is 3.98. The predicted octanol–water partition coefficient (Wildman–Crippen LogP) is 2.73. The lowest BCUT2D eigenvalue weighted by Crippen LogP contribution is -2.32. The molecule has 1 amide bonds. The van der Waals surface area contributed by atoms with Crippen molar-refractivity contribution in [3.05, 3.63) is 42.0 Å². The number of likely N-dealkylation sites (N-methyl/N-ethyl adjacent to an activating group) is 1. The van der Waals surface area contributed by atoms with Gasteiger partial charge in [-0.3, -0.25) is 4.79 Å². The Labute approximate surface area is 103 Å². The van der Waals surface area contributed by atoms with E-state index < -0.39 is 0 Å². The summed E-state index contributed by atoms with van der Waals surface area (Å²) >= 11 is 0. The molecule has 0 unspecified atom stereocenters. The van der Waals surface area contributed by atoms with E-state index >= 15 is 0 Å². The van der Waals surface area contributed by atoms with Gasteiger partial charge in [-0.05, 0) is 26.0 Å². The van der Waals surface area contributed by atoms with Gasteiger partial charge in [0.25, 0.3) is 5.91 Å². The summed E-state index contributed by atoms with van der Waals surface area (Å²) in [5.74, 6) is 0.589. The zero-order valence-corrected chi connectivity index (χ0v) is 10.7. The van der Waals surface area contributed by atoms with E-state index in [-0.39, 0.29) is 5.91 Å². The summed E-state index contributed by atoms with van der Waals surface area (Å²) in [4.78, 5) is 14.0. The first-order chi connectivity index (χ1) is 8.10. The lowest BCUT2D eigenvalue weighted by molar-refractivity contribution is 0.0775. The third-order valence-corrected chi connectivity index (χ3v) is 2.47. The van der Waals surface area contributed by atoms with E-state index in [1.165, 1.54) is 0 Å². The van der Waals surface area contributed by atoms with Crippen LogP contribution in [0.25, 0.3) is 0 Å². The Morgan fingerprint density at radius 3 is 2.59 bits per heavy atom. The first-order valence-electron chi connectivity index (χ1n) is 5.66. The highest BCUT2D eigenvalue weighted by Gasteiger charge is 2.17. The Kier molecular flexibility index (Phi) is 4.76. The lowest BCUT2D eigenvalue weighted by Gasteiger charge is -2.21. The normalized spacial score (nSPS) is 9.82. The van der Waals surface area contributed by atoms with Gasteiger partial charge < -0.3 is 9.64 Å². The summed E-state index contributed by atoms with van der Waals surface area (Å²) in [5, 5.41) is 0. The molecule has 0 radical (unpaired) electrons. The molecule has 3 nitrogen and oxygen atoms in total. The van der Waals surface area contributed by atoms with Crippen LogP contribution in [0.3, 0.4) is 0 Å². The van der Waals surface area contributed by atoms with Crippen molar-refractivity contribution in [2.24, 2.45) is 0 Å². The fraction of sp³-hybridized carbons (Fsp3) is 0.357. The van der Waals surface area contributed by atoms with Crippen LogP contribution >= 0.6 is 0 Å². The Hall–Kier alpha value is -1.77. The summed E-state index contributed by atoms with van der Waals surface area (Å²) in [6.45, 7) is 8.94. The van der Waals surface area contributed by atoms with Crippen molar-refractivity contribution in [3.63, 3.8) is 0 Å². The fourth-order valence-electron chi connectivity index (χ4n) is 1.64. The highest BCUT2D eigenvalue weighted by Crippen LogP contribution is 2.19. The number of nitrogens with zero attached hydrogens (tertiary/aromatic N) is 1. The molecule has 0 heterocycles. The second-order valence-corrected chi connectivity index (χ2v) is 3.98. The maximum absolute atomic E-state index is 12.3. The van der Waals surface area contributed by atoms with Crippen LogP contribution in [-0.4, -0.2) is 31.0 Å². The molecule has 0 aliphatic rings. The molecule has 0 fully saturated rings. The molecule has 0 saturated heterocycles. The number of hydrogen-bond acceptors (Lipinski definition) is 2. The Bertz CT molecular complexity index is 412. The van der Waals surface area contributed by atoms with Crippen molar-refractivity contribution in [2.45, 2.75) is 13.8 Å². The van der Waals surface area contributed by atoms with Gasteiger partial charge >= 0.3 is 0 Å². The minimum atomic E-state index is -0.0204. The average molecular weight is 233 g/mol. The van der Waals surface area contributed by atoms with Crippen LogP contribution in [0.1, 0.15) is 24.2 Å². The highest BCUT2D eigenvalue weighted by molar-refractivity contribution is 5.97. The van der Waals surface area contributed by atoms with Crippen LogP contribution in [0.15, 0.2) is 36.4 Å². The van der Waals surface area contributed by atoms with E-state index in [0.29, 0.717) is 24.4 Å². The van der Waals surface area contributed by atoms with E-state index in [0.717, 1.165) is 5.57 Å². The average Bonchev–Trinajstić information content (AvgIpc) is 2.34. The number of ether oxygens (including phenoxy) is 1. The Morgan fingerprint density at radius 1 is 1.41 bits per heavy atom. The number of methoxy groups -OCH3 is 1. The van der Waals surface area contributed by atoms with E-state index in [4.69, 9.17) is 4.74 Å². The quantitative estimate of drug-likeness (QED) is 0.732. The second kappa shape index (κ2) is 6.09. The topological polar surface area (TPSA) is 29.5 Å². The molecule has 0 aromatic heterocycles. The van der Waals surface area contributed by atoms with Gasteiger partial charge in [-0.1, -0.05) is 24.3 Å². The smallest absolute Gasteiger partial charge is 0.257 e. The van der Waals surface area contributed by atoms with Gasteiger partial charge in [0.15, 0.2) is 0 Å². The number of carbonyl (C=O) groups is 1. The molecule has 0 atom stereocenters. The zero-order valence-electron chi connectivity index (χ0n) is 10.7. The predicted molar refractivity (Wildman–Crippen MR) is 69.4 cm³/mol. The molecule has 92 valence electrons. The van der Waals surface area contributed by atoms with Crippen LogP contribution in [-0.2, 0) is 0 Å². The molecule has 0 bridgehead atoms. The molecular weight excluding hydrogens is 214 g/mol. The van der Waals surface area contributed by atoms with Gasteiger partial charge in [0.2, 0.25) is 0 Å². The Morgan fingerprint density at radius 2 is 2.06 bits per heavy atom. The minimum absolute atomic E-state index is 0.0204. The maximum atomic E-state index is 12.3. The highest BCUT2D eigenvalue weighted by atomic mass is 16.5. The molecule has 1 aromatic rings. The Balaban J connectivity index is 2.97. The number of carbonyl (C=O) groups excluding carboxylic acids is 1. The molecule has 0 N–H and O–H groups in total. The van der Waals surface area contributed by atoms with E-state index in [2.05, 4.69) is 6.58 Å². The van der Waals surface area contributed by atoms with Crippen LogP contribution in [0.4, 0.5) is 0 Å². The molecule has 17 heavy (non-hydrogen) atoms. The summed E-state index contributed by atoms with van der Waals surface area (Å²) in [5.41, 5.74) is 1.56.